The van der Waals surface area contributed by atoms with E-state index in [1.54, 1.807) is 0 Å². The minimum Gasteiger partial charge on any atom is -0.506 e. The third kappa shape index (κ3) is 4.87. The van der Waals surface area contributed by atoms with Gasteiger partial charge in [-0.25, -0.2) is 17.6 Å². The van der Waals surface area contributed by atoms with Crippen LogP contribution < -0.4 is 15.8 Å². The van der Waals surface area contributed by atoms with Crippen molar-refractivity contribution in [3.63, 3.8) is 0 Å². The Bertz CT molecular complexity index is 1840. The number of nitrogen functional groups attached to an aromatic ring is 1. The average Bonchev–Trinajstić information content (AvgIpc) is 3.61. The standard InChI is InChI=1S/C29H25ClF4N6O2S/c1-13-9-29(6-2-8-40(29)11-13)12-42-28-38-23-20(27(39-28)37-7-5-17(32)33)24(41)21(30)19(22(23)34)14-3-4-16(31)25-18(14)15(10-35)26(36)43-25/h3-4,17,41H,1-2,5-9,11-12,36H2,(H,37,38,39)/t29-/m0/s1. The predicted octanol–water partition coefficient (Wildman–Crippen LogP) is 6.84. The monoisotopic (exact) mass is 632 g/mol. The smallest absolute Gasteiger partial charge is 0.319 e. The number of thiophene rings is 1. The zero-order chi connectivity index (χ0) is 30.6. The Balaban J connectivity index is 1.52. The topological polar surface area (TPSA) is 120 Å². The minimum atomic E-state index is -2.62. The Morgan fingerprint density at radius 1 is 1.30 bits per heavy atom. The van der Waals surface area contributed by atoms with Gasteiger partial charge < -0.3 is 20.9 Å². The number of alkyl halides is 2. The zero-order valence-electron chi connectivity index (χ0n) is 22.6. The quantitative estimate of drug-likeness (QED) is 0.143. The van der Waals surface area contributed by atoms with Gasteiger partial charge in [0.15, 0.2) is 5.82 Å². The molecule has 0 saturated carbocycles. The summed E-state index contributed by atoms with van der Waals surface area (Å²) < 4.78 is 63.2. The molecule has 6 rings (SSSR count). The lowest BCUT2D eigenvalue weighted by Crippen LogP contribution is -2.43. The predicted molar refractivity (Wildman–Crippen MR) is 158 cm³/mol. The van der Waals surface area contributed by atoms with Crippen molar-refractivity contribution in [3.8, 4) is 29.0 Å². The summed E-state index contributed by atoms with van der Waals surface area (Å²) >= 11 is 7.35. The molecular formula is C29H25ClF4N6O2S. The van der Waals surface area contributed by atoms with Gasteiger partial charge >= 0.3 is 6.01 Å². The molecule has 8 nitrogen and oxygen atoms in total. The van der Waals surface area contributed by atoms with Crippen molar-refractivity contribution in [1.29, 1.82) is 5.26 Å². The van der Waals surface area contributed by atoms with E-state index in [2.05, 4.69) is 26.8 Å². The van der Waals surface area contributed by atoms with Gasteiger partial charge in [-0.3, -0.25) is 4.90 Å². The van der Waals surface area contributed by atoms with Crippen LogP contribution in [0.4, 0.5) is 28.4 Å². The molecule has 2 aliphatic heterocycles. The summed E-state index contributed by atoms with van der Waals surface area (Å²) in [6, 6.07) is 4.01. The fourth-order valence-electron chi connectivity index (χ4n) is 6.15. The maximum Gasteiger partial charge on any atom is 0.319 e. The molecular weight excluding hydrogens is 608 g/mol. The van der Waals surface area contributed by atoms with Crippen LogP contribution in [-0.2, 0) is 0 Å². The molecule has 0 radical (unpaired) electrons. The van der Waals surface area contributed by atoms with Crippen LogP contribution in [0.15, 0.2) is 24.3 Å². The lowest BCUT2D eigenvalue weighted by molar-refractivity contribution is 0.108. The first kappa shape index (κ1) is 29.2. The number of benzene rings is 2. The SMILES string of the molecule is C=C1CN2CCC[C@@]2(COc2nc(NCCC(F)F)c3c(O)c(Cl)c(-c4ccc(F)c5sc(N)c(C#N)c45)c(F)c3n2)C1. The van der Waals surface area contributed by atoms with E-state index in [0.717, 1.165) is 55.3 Å². The highest BCUT2D eigenvalue weighted by atomic mass is 35.5. The largest absolute Gasteiger partial charge is 0.506 e. The highest BCUT2D eigenvalue weighted by molar-refractivity contribution is 7.23. The van der Waals surface area contributed by atoms with E-state index in [0.29, 0.717) is 0 Å². The van der Waals surface area contributed by atoms with E-state index in [1.807, 2.05) is 6.07 Å². The highest BCUT2D eigenvalue weighted by Crippen LogP contribution is 2.49. The molecule has 0 bridgehead atoms. The molecule has 4 aromatic rings. The third-order valence-electron chi connectivity index (χ3n) is 8.04. The molecule has 14 heteroatoms. The molecule has 1 atom stereocenters. The van der Waals surface area contributed by atoms with Crippen molar-refractivity contribution in [2.24, 2.45) is 0 Å². The molecule has 0 unspecified atom stereocenters. The second kappa shape index (κ2) is 11.0. The summed E-state index contributed by atoms with van der Waals surface area (Å²) in [4.78, 5) is 10.9. The van der Waals surface area contributed by atoms with E-state index < -0.39 is 40.8 Å². The van der Waals surface area contributed by atoms with Crippen molar-refractivity contribution in [1.82, 2.24) is 14.9 Å². The molecule has 2 aromatic carbocycles. The molecule has 2 aromatic heterocycles. The van der Waals surface area contributed by atoms with E-state index in [1.165, 1.54) is 6.07 Å². The number of nitrogens with zero attached hydrogens (tertiary/aromatic N) is 4. The molecule has 43 heavy (non-hydrogen) atoms. The van der Waals surface area contributed by atoms with Crippen LogP contribution in [0.3, 0.4) is 0 Å². The zero-order valence-corrected chi connectivity index (χ0v) is 24.2. The van der Waals surface area contributed by atoms with Gasteiger partial charge in [-0.2, -0.15) is 15.2 Å². The number of rotatable bonds is 8. The van der Waals surface area contributed by atoms with Gasteiger partial charge in [0.1, 0.15) is 40.6 Å². The van der Waals surface area contributed by atoms with E-state index >= 15 is 4.39 Å². The van der Waals surface area contributed by atoms with Crippen LogP contribution in [0.2, 0.25) is 5.02 Å². The molecule has 2 fully saturated rings. The number of halogens is 5. The Kier molecular flexibility index (Phi) is 7.48. The number of hydrogen-bond acceptors (Lipinski definition) is 9. The van der Waals surface area contributed by atoms with Crippen LogP contribution in [0.25, 0.3) is 32.1 Å². The van der Waals surface area contributed by atoms with Gasteiger partial charge in [0, 0.05) is 30.5 Å². The normalized spacial score (nSPS) is 18.6. The molecule has 4 N–H and O–H groups in total. The van der Waals surface area contributed by atoms with Crippen LogP contribution in [0.1, 0.15) is 31.2 Å². The highest BCUT2D eigenvalue weighted by Gasteiger charge is 2.46. The number of nitrogens with one attached hydrogen (secondary N) is 1. The van der Waals surface area contributed by atoms with E-state index in [4.69, 9.17) is 22.1 Å². The summed E-state index contributed by atoms with van der Waals surface area (Å²) in [6.07, 6.45) is -0.599. The number of hydrogen-bond donors (Lipinski definition) is 3. The van der Waals surface area contributed by atoms with Crippen molar-refractivity contribution in [2.75, 3.05) is 37.3 Å². The number of nitriles is 1. The molecule has 0 spiro atoms. The Morgan fingerprint density at radius 2 is 2.09 bits per heavy atom. The van der Waals surface area contributed by atoms with Crippen molar-refractivity contribution >= 4 is 54.7 Å². The summed E-state index contributed by atoms with van der Waals surface area (Å²) in [5.41, 5.74) is 5.92. The Hall–Kier alpha value is -3.86. The summed E-state index contributed by atoms with van der Waals surface area (Å²) in [5, 5.41) is 23.0. The number of aromatic nitrogens is 2. The van der Waals surface area contributed by atoms with Crippen LogP contribution >= 0.6 is 22.9 Å². The number of ether oxygens (including phenoxy) is 1. The first-order valence-electron chi connectivity index (χ1n) is 13.4. The third-order valence-corrected chi connectivity index (χ3v) is 9.43. The Labute approximate surface area is 252 Å². The second-order valence-electron chi connectivity index (χ2n) is 10.8. The van der Waals surface area contributed by atoms with Gasteiger partial charge in [0.25, 0.3) is 0 Å². The number of anilines is 2. The Morgan fingerprint density at radius 3 is 2.84 bits per heavy atom. The van der Waals surface area contributed by atoms with Crippen LogP contribution in [-0.4, -0.2) is 58.2 Å². The molecule has 0 amide bonds. The van der Waals surface area contributed by atoms with Crippen molar-refractivity contribution < 1.29 is 27.4 Å². The van der Waals surface area contributed by atoms with Gasteiger partial charge in [-0.15, -0.1) is 11.3 Å². The van der Waals surface area contributed by atoms with Crippen LogP contribution in [0.5, 0.6) is 11.8 Å². The van der Waals surface area contributed by atoms with E-state index in [-0.39, 0.29) is 67.7 Å². The maximum atomic E-state index is 16.6. The summed E-state index contributed by atoms with van der Waals surface area (Å²) in [6.45, 7) is 5.67. The maximum absolute atomic E-state index is 16.6. The number of nitrogens with two attached hydrogens (primary N) is 1. The number of aromatic hydroxyl groups is 1. The van der Waals surface area contributed by atoms with Crippen LogP contribution in [0, 0.1) is 23.0 Å². The molecule has 4 heterocycles. The molecule has 224 valence electrons. The fraction of sp³-hybridized carbons (Fsp3) is 0.345. The number of fused-ring (bicyclic) bond motifs is 3. The first-order valence-corrected chi connectivity index (χ1v) is 14.6. The number of phenolic OH excluding ortho intramolecular Hbond substituents is 1. The second-order valence-corrected chi connectivity index (χ2v) is 12.2. The fourth-order valence-corrected chi connectivity index (χ4v) is 7.38. The summed E-state index contributed by atoms with van der Waals surface area (Å²) in [5.74, 6) is -2.47. The number of phenols is 1. The van der Waals surface area contributed by atoms with Crippen molar-refractivity contribution in [2.45, 2.75) is 37.6 Å². The van der Waals surface area contributed by atoms with Gasteiger partial charge in [-0.1, -0.05) is 29.8 Å². The molecule has 2 aliphatic rings. The van der Waals surface area contributed by atoms with E-state index in [9.17, 15) is 23.5 Å². The average molecular weight is 633 g/mol. The summed E-state index contributed by atoms with van der Waals surface area (Å²) in [7, 11) is 0. The van der Waals surface area contributed by atoms with Gasteiger partial charge in [0.2, 0.25) is 6.43 Å². The molecule has 0 aliphatic carbocycles. The molecule has 2 saturated heterocycles. The first-order chi connectivity index (χ1) is 20.5. The lowest BCUT2D eigenvalue weighted by atomic mass is 9.94. The lowest BCUT2D eigenvalue weighted by Gasteiger charge is -2.30. The van der Waals surface area contributed by atoms with Gasteiger partial charge in [0.05, 0.1) is 26.2 Å². The van der Waals surface area contributed by atoms with Crippen molar-refractivity contribution in [3.05, 3.63) is 46.5 Å². The minimum absolute atomic E-state index is 0.0128. The van der Waals surface area contributed by atoms with Gasteiger partial charge in [-0.05, 0) is 37.4 Å².